The third-order valence-electron chi connectivity index (χ3n) is 2.98. The second-order valence-electron chi connectivity index (χ2n) is 5.16. The number of carbonyl (C=O) groups excluding carboxylic acids is 2. The van der Waals surface area contributed by atoms with Crippen LogP contribution in [-0.2, 0) is 0 Å². The second-order valence-corrected chi connectivity index (χ2v) is 5.97. The summed E-state index contributed by atoms with van der Waals surface area (Å²) in [7, 11) is 0. The van der Waals surface area contributed by atoms with Gasteiger partial charge in [-0.3, -0.25) is 9.59 Å². The molecule has 0 aliphatic rings. The van der Waals surface area contributed by atoms with Gasteiger partial charge in [-0.25, -0.2) is 0 Å². The third-order valence-corrected chi connectivity index (χ3v) is 3.50. The van der Waals surface area contributed by atoms with E-state index in [1.54, 1.807) is 24.3 Å². The van der Waals surface area contributed by atoms with Crippen LogP contribution in [0.5, 0.6) is 0 Å². The van der Waals surface area contributed by atoms with Gasteiger partial charge in [0.15, 0.2) is 0 Å². The SMILES string of the molecule is CCCC(C)C#N.O=C(S)c1ccccc1.O=C(S)c1ccccc1. The van der Waals surface area contributed by atoms with E-state index in [4.69, 9.17) is 5.26 Å². The fourth-order valence-corrected chi connectivity index (χ4v) is 1.96. The smallest absolute Gasteiger partial charge is 0.216 e. The Morgan fingerprint density at radius 3 is 1.44 bits per heavy atom. The lowest BCUT2D eigenvalue weighted by atomic mass is 10.1. The summed E-state index contributed by atoms with van der Waals surface area (Å²) < 4.78 is 0. The molecule has 0 N–H and O–H groups in total. The topological polar surface area (TPSA) is 57.9 Å². The molecule has 0 saturated carbocycles. The van der Waals surface area contributed by atoms with Gasteiger partial charge in [0, 0.05) is 17.0 Å². The summed E-state index contributed by atoms with van der Waals surface area (Å²) in [6, 6.07) is 20.1. The summed E-state index contributed by atoms with van der Waals surface area (Å²) in [5.41, 5.74) is 1.28. The summed E-state index contributed by atoms with van der Waals surface area (Å²) in [6.07, 6.45) is 2.16. The molecule has 1 atom stereocenters. The van der Waals surface area contributed by atoms with Crippen molar-refractivity contribution in [3.8, 4) is 6.07 Å². The Morgan fingerprint density at radius 2 is 1.28 bits per heavy atom. The highest BCUT2D eigenvalue weighted by molar-refractivity contribution is 7.97. The Labute approximate surface area is 160 Å². The largest absolute Gasteiger partial charge is 0.282 e. The van der Waals surface area contributed by atoms with E-state index in [0.29, 0.717) is 11.1 Å². The molecule has 0 saturated heterocycles. The third kappa shape index (κ3) is 12.0. The number of carbonyl (C=O) groups is 2. The zero-order valence-corrected chi connectivity index (χ0v) is 16.2. The van der Waals surface area contributed by atoms with Crippen molar-refractivity contribution in [2.24, 2.45) is 5.92 Å². The van der Waals surface area contributed by atoms with Crippen molar-refractivity contribution in [1.29, 1.82) is 5.26 Å². The maximum Gasteiger partial charge on any atom is 0.216 e. The molecule has 0 aromatic heterocycles. The van der Waals surface area contributed by atoms with Crippen LogP contribution in [0.2, 0.25) is 0 Å². The Kier molecular flexibility index (Phi) is 13.2. The average molecular weight is 374 g/mol. The molecule has 2 aromatic rings. The van der Waals surface area contributed by atoms with Crippen LogP contribution in [0.3, 0.4) is 0 Å². The number of thiol groups is 2. The molecule has 0 spiro atoms. The fourth-order valence-electron chi connectivity index (χ4n) is 1.66. The molecule has 0 heterocycles. The van der Waals surface area contributed by atoms with Gasteiger partial charge in [0.2, 0.25) is 10.2 Å². The molecule has 1 unspecified atom stereocenters. The van der Waals surface area contributed by atoms with E-state index in [-0.39, 0.29) is 16.1 Å². The molecular weight excluding hydrogens is 350 g/mol. The van der Waals surface area contributed by atoms with E-state index in [9.17, 15) is 9.59 Å². The van der Waals surface area contributed by atoms with Crippen LogP contribution in [-0.4, -0.2) is 10.2 Å². The minimum absolute atomic E-state index is 0.185. The first-order valence-corrected chi connectivity index (χ1v) is 8.78. The molecule has 5 heteroatoms. The van der Waals surface area contributed by atoms with Crippen LogP contribution in [0.4, 0.5) is 0 Å². The number of benzene rings is 2. The highest BCUT2D eigenvalue weighted by Gasteiger charge is 1.95. The van der Waals surface area contributed by atoms with Crippen LogP contribution in [0.25, 0.3) is 0 Å². The molecule has 25 heavy (non-hydrogen) atoms. The molecular formula is C20H23NO2S2. The normalized spacial score (nSPS) is 10.0. The van der Waals surface area contributed by atoms with Gasteiger partial charge in [0.05, 0.1) is 6.07 Å². The molecule has 0 bridgehead atoms. The zero-order valence-electron chi connectivity index (χ0n) is 14.4. The van der Waals surface area contributed by atoms with E-state index in [1.165, 1.54) is 0 Å². The van der Waals surface area contributed by atoms with E-state index in [1.807, 2.05) is 43.3 Å². The summed E-state index contributed by atoms with van der Waals surface area (Å²) in [5.74, 6) is 0.255. The maximum absolute atomic E-state index is 10.5. The molecule has 2 rings (SSSR count). The lowest BCUT2D eigenvalue weighted by Gasteiger charge is -1.92. The first-order chi connectivity index (χ1) is 11.9. The van der Waals surface area contributed by atoms with Crippen LogP contribution in [0.1, 0.15) is 47.4 Å². The summed E-state index contributed by atoms with van der Waals surface area (Å²) >= 11 is 7.30. The Morgan fingerprint density at radius 1 is 0.920 bits per heavy atom. The van der Waals surface area contributed by atoms with E-state index in [2.05, 4.69) is 38.3 Å². The van der Waals surface area contributed by atoms with Gasteiger partial charge in [-0.1, -0.05) is 74.0 Å². The highest BCUT2D eigenvalue weighted by atomic mass is 32.1. The minimum Gasteiger partial charge on any atom is -0.282 e. The predicted octanol–water partition coefficient (Wildman–Crippen LogP) is 5.46. The second kappa shape index (κ2) is 14.3. The number of nitriles is 1. The van der Waals surface area contributed by atoms with Crippen molar-refractivity contribution in [2.45, 2.75) is 26.7 Å². The minimum atomic E-state index is -0.185. The lowest BCUT2D eigenvalue weighted by Crippen LogP contribution is -1.85. The number of nitrogens with zero attached hydrogens (tertiary/aromatic N) is 1. The van der Waals surface area contributed by atoms with Gasteiger partial charge in [-0.15, -0.1) is 25.3 Å². The van der Waals surface area contributed by atoms with Crippen molar-refractivity contribution in [3.05, 3.63) is 71.8 Å². The maximum atomic E-state index is 10.5. The first-order valence-electron chi connectivity index (χ1n) is 7.88. The highest BCUT2D eigenvalue weighted by Crippen LogP contribution is 2.02. The van der Waals surface area contributed by atoms with Crippen molar-refractivity contribution in [1.82, 2.24) is 0 Å². The van der Waals surface area contributed by atoms with Crippen LogP contribution in [0, 0.1) is 17.2 Å². The van der Waals surface area contributed by atoms with Crippen molar-refractivity contribution in [2.75, 3.05) is 0 Å². The summed E-state index contributed by atoms with van der Waals surface area (Å²) in [6.45, 7) is 4.04. The van der Waals surface area contributed by atoms with Gasteiger partial charge in [0.1, 0.15) is 0 Å². The van der Waals surface area contributed by atoms with Gasteiger partial charge in [-0.2, -0.15) is 5.26 Å². The molecule has 2 aromatic carbocycles. The van der Waals surface area contributed by atoms with Gasteiger partial charge >= 0.3 is 0 Å². The fraction of sp³-hybridized carbons (Fsp3) is 0.250. The predicted molar refractivity (Wildman–Crippen MR) is 109 cm³/mol. The number of hydrogen-bond acceptors (Lipinski definition) is 3. The molecule has 0 aliphatic carbocycles. The Hall–Kier alpha value is -2.03. The van der Waals surface area contributed by atoms with Crippen LogP contribution >= 0.6 is 25.3 Å². The van der Waals surface area contributed by atoms with Crippen molar-refractivity contribution >= 4 is 35.5 Å². The van der Waals surface area contributed by atoms with E-state index in [0.717, 1.165) is 12.8 Å². The van der Waals surface area contributed by atoms with Gasteiger partial charge < -0.3 is 0 Å². The summed E-state index contributed by atoms with van der Waals surface area (Å²) in [5, 5.41) is 7.85. The average Bonchev–Trinajstić information content (AvgIpc) is 2.64. The standard InChI is InChI=1S/2C7H6OS.C6H11N/c2*8-7(9)6-4-2-1-3-5-6;1-3-4-6(2)5-7/h2*1-5H,(H,8,9);6H,3-4H2,1-2H3. The van der Waals surface area contributed by atoms with Crippen LogP contribution < -0.4 is 0 Å². The van der Waals surface area contributed by atoms with Crippen molar-refractivity contribution < 1.29 is 9.59 Å². The van der Waals surface area contributed by atoms with Crippen LogP contribution in [0.15, 0.2) is 60.7 Å². The monoisotopic (exact) mass is 373 g/mol. The molecule has 3 nitrogen and oxygen atoms in total. The lowest BCUT2D eigenvalue weighted by molar-refractivity contribution is 0.108. The number of rotatable bonds is 4. The van der Waals surface area contributed by atoms with E-state index >= 15 is 0 Å². The molecule has 0 amide bonds. The summed E-state index contributed by atoms with van der Waals surface area (Å²) in [4.78, 5) is 21.0. The van der Waals surface area contributed by atoms with E-state index < -0.39 is 0 Å². The quantitative estimate of drug-likeness (QED) is 0.700. The first kappa shape index (κ1) is 23.0. The number of hydrogen-bond donors (Lipinski definition) is 2. The van der Waals surface area contributed by atoms with Gasteiger partial charge in [0.25, 0.3) is 0 Å². The molecule has 132 valence electrons. The zero-order chi connectivity index (χ0) is 19.1. The molecule has 0 fully saturated rings. The van der Waals surface area contributed by atoms with Gasteiger partial charge in [-0.05, 0) is 13.3 Å². The van der Waals surface area contributed by atoms with Crippen molar-refractivity contribution in [3.63, 3.8) is 0 Å². The molecule has 0 radical (unpaired) electrons. The molecule has 0 aliphatic heterocycles. The Bertz CT molecular complexity index is 618. The Balaban J connectivity index is 0.000000350.